The Kier molecular flexibility index (Phi) is 5.92. The topological polar surface area (TPSA) is 57.4 Å². The maximum Gasteiger partial charge on any atom is 0.269 e. The summed E-state index contributed by atoms with van der Waals surface area (Å²) in [5.74, 6) is 2.10. The smallest absolute Gasteiger partial charge is 0.269 e. The molecular formula is C20H19ClN2O3. The number of aromatic nitrogens is 2. The largest absolute Gasteiger partial charge is 0.493 e. The van der Waals surface area contributed by atoms with Gasteiger partial charge in [-0.3, -0.25) is 0 Å². The fourth-order valence-corrected chi connectivity index (χ4v) is 2.54. The molecule has 0 unspecified atom stereocenters. The van der Waals surface area contributed by atoms with Crippen molar-refractivity contribution in [3.63, 3.8) is 0 Å². The monoisotopic (exact) mass is 370 g/mol. The predicted molar refractivity (Wildman–Crippen MR) is 102 cm³/mol. The standard InChI is InChI=1S/C20H19ClN2O3/c1-3-11-25-18-13-14(9-10-17(18)24-2)12-16(21)20-22-19(23-26-20)15-7-5-4-6-8-15/h4-10,12-13H,3,11H2,1-2H3/b16-12-. The minimum absolute atomic E-state index is 0.261. The van der Waals surface area contributed by atoms with E-state index in [9.17, 15) is 0 Å². The van der Waals surface area contributed by atoms with E-state index >= 15 is 0 Å². The number of hydrogen-bond donors (Lipinski definition) is 0. The Balaban J connectivity index is 1.84. The van der Waals surface area contributed by atoms with Crippen LogP contribution in [0.5, 0.6) is 11.5 Å². The van der Waals surface area contributed by atoms with Crippen LogP contribution in [0.3, 0.4) is 0 Å². The second-order valence-corrected chi connectivity index (χ2v) is 5.95. The molecule has 3 aromatic rings. The van der Waals surface area contributed by atoms with E-state index in [1.54, 1.807) is 13.2 Å². The molecular weight excluding hydrogens is 352 g/mol. The molecule has 134 valence electrons. The average molecular weight is 371 g/mol. The molecule has 0 N–H and O–H groups in total. The van der Waals surface area contributed by atoms with Gasteiger partial charge in [0.15, 0.2) is 11.5 Å². The molecule has 1 heterocycles. The summed E-state index contributed by atoms with van der Waals surface area (Å²) < 4.78 is 16.3. The van der Waals surface area contributed by atoms with Gasteiger partial charge in [-0.25, -0.2) is 0 Å². The second-order valence-electron chi connectivity index (χ2n) is 5.54. The fraction of sp³-hybridized carbons (Fsp3) is 0.200. The SMILES string of the molecule is CCCOc1cc(/C=C(\Cl)c2nc(-c3ccccc3)no2)ccc1OC. The molecule has 3 rings (SSSR count). The maximum absolute atomic E-state index is 6.36. The van der Waals surface area contributed by atoms with Crippen LogP contribution in [0.1, 0.15) is 24.8 Å². The first-order valence-electron chi connectivity index (χ1n) is 8.28. The third kappa shape index (κ3) is 4.24. The minimum Gasteiger partial charge on any atom is -0.493 e. The lowest BCUT2D eigenvalue weighted by Crippen LogP contribution is -1.98. The summed E-state index contributed by atoms with van der Waals surface area (Å²) in [7, 11) is 1.61. The van der Waals surface area contributed by atoms with E-state index < -0.39 is 0 Å². The van der Waals surface area contributed by atoms with Crippen LogP contribution in [0.2, 0.25) is 0 Å². The number of benzene rings is 2. The van der Waals surface area contributed by atoms with Gasteiger partial charge in [0.1, 0.15) is 5.03 Å². The fourth-order valence-electron chi connectivity index (χ4n) is 2.34. The number of nitrogens with zero attached hydrogens (tertiary/aromatic N) is 2. The van der Waals surface area contributed by atoms with Gasteiger partial charge >= 0.3 is 0 Å². The van der Waals surface area contributed by atoms with Gasteiger partial charge in [0.05, 0.1) is 13.7 Å². The summed E-state index contributed by atoms with van der Waals surface area (Å²) in [5.41, 5.74) is 1.72. The Morgan fingerprint density at radius 1 is 1.15 bits per heavy atom. The molecule has 0 bridgehead atoms. The third-order valence-electron chi connectivity index (χ3n) is 3.61. The molecule has 2 aromatic carbocycles. The Labute approximate surface area is 157 Å². The van der Waals surface area contributed by atoms with Gasteiger partial charge in [-0.2, -0.15) is 4.98 Å². The van der Waals surface area contributed by atoms with Gasteiger partial charge in [-0.15, -0.1) is 0 Å². The Hall–Kier alpha value is -2.79. The molecule has 26 heavy (non-hydrogen) atoms. The number of hydrogen-bond acceptors (Lipinski definition) is 5. The first-order valence-corrected chi connectivity index (χ1v) is 8.66. The van der Waals surface area contributed by atoms with Gasteiger partial charge in [-0.05, 0) is 30.2 Å². The number of rotatable bonds is 7. The minimum atomic E-state index is 0.261. The van der Waals surface area contributed by atoms with Crippen LogP contribution in [0, 0.1) is 0 Å². The molecule has 0 aliphatic carbocycles. The van der Waals surface area contributed by atoms with E-state index in [1.807, 2.05) is 55.5 Å². The first-order chi connectivity index (χ1) is 12.7. The molecule has 0 amide bonds. The molecule has 5 nitrogen and oxygen atoms in total. The van der Waals surface area contributed by atoms with E-state index in [4.69, 9.17) is 25.6 Å². The van der Waals surface area contributed by atoms with Crippen molar-refractivity contribution in [1.82, 2.24) is 10.1 Å². The van der Waals surface area contributed by atoms with Crippen molar-refractivity contribution in [2.75, 3.05) is 13.7 Å². The second kappa shape index (κ2) is 8.54. The summed E-state index contributed by atoms with van der Waals surface area (Å²) in [4.78, 5) is 4.35. The summed E-state index contributed by atoms with van der Waals surface area (Å²) in [5, 5.41) is 4.33. The highest BCUT2D eigenvalue weighted by molar-refractivity contribution is 6.50. The zero-order valence-electron chi connectivity index (χ0n) is 14.6. The highest BCUT2D eigenvalue weighted by atomic mass is 35.5. The number of methoxy groups -OCH3 is 1. The van der Waals surface area contributed by atoms with Crippen molar-refractivity contribution in [3.05, 3.63) is 60.0 Å². The maximum atomic E-state index is 6.36. The summed E-state index contributed by atoms with van der Waals surface area (Å²) >= 11 is 6.36. The molecule has 0 aliphatic rings. The zero-order chi connectivity index (χ0) is 18.4. The number of halogens is 1. The van der Waals surface area contributed by atoms with Crippen molar-refractivity contribution >= 4 is 22.7 Å². The Bertz CT molecular complexity index is 891. The van der Waals surface area contributed by atoms with Gasteiger partial charge < -0.3 is 14.0 Å². The van der Waals surface area contributed by atoms with Gasteiger partial charge in [0.25, 0.3) is 5.89 Å². The average Bonchev–Trinajstić information content (AvgIpc) is 3.17. The van der Waals surface area contributed by atoms with E-state index in [0.29, 0.717) is 29.0 Å². The molecule has 0 aliphatic heterocycles. The summed E-state index contributed by atoms with van der Waals surface area (Å²) in [6.07, 6.45) is 2.66. The van der Waals surface area contributed by atoms with Crippen molar-refractivity contribution < 1.29 is 14.0 Å². The van der Waals surface area contributed by atoms with Crippen LogP contribution in [0.25, 0.3) is 22.5 Å². The molecule has 6 heteroatoms. The van der Waals surface area contributed by atoms with E-state index in [-0.39, 0.29) is 5.89 Å². The normalized spacial score (nSPS) is 11.4. The molecule has 0 saturated heterocycles. The van der Waals surface area contributed by atoms with Crippen LogP contribution in [0.4, 0.5) is 0 Å². The Morgan fingerprint density at radius 2 is 1.96 bits per heavy atom. The van der Waals surface area contributed by atoms with E-state index in [1.165, 1.54) is 0 Å². The first kappa shape index (κ1) is 18.0. The molecule has 0 fully saturated rings. The predicted octanol–water partition coefficient (Wildman–Crippen LogP) is 5.27. The van der Waals surface area contributed by atoms with Crippen molar-refractivity contribution in [3.8, 4) is 22.9 Å². The van der Waals surface area contributed by atoms with Crippen molar-refractivity contribution in [2.45, 2.75) is 13.3 Å². The van der Waals surface area contributed by atoms with Crippen LogP contribution in [-0.2, 0) is 0 Å². The van der Waals surface area contributed by atoms with Crippen molar-refractivity contribution in [1.29, 1.82) is 0 Å². The van der Waals surface area contributed by atoms with Crippen LogP contribution in [-0.4, -0.2) is 23.9 Å². The summed E-state index contributed by atoms with van der Waals surface area (Å²) in [6.45, 7) is 2.66. The molecule has 1 aromatic heterocycles. The highest BCUT2D eigenvalue weighted by Crippen LogP contribution is 2.31. The molecule has 0 atom stereocenters. The van der Waals surface area contributed by atoms with E-state index in [2.05, 4.69) is 10.1 Å². The molecule has 0 radical (unpaired) electrons. The highest BCUT2D eigenvalue weighted by Gasteiger charge is 2.12. The van der Waals surface area contributed by atoms with Gasteiger partial charge in [0, 0.05) is 5.56 Å². The quantitative estimate of drug-likeness (QED) is 0.567. The van der Waals surface area contributed by atoms with Crippen molar-refractivity contribution in [2.24, 2.45) is 0 Å². The van der Waals surface area contributed by atoms with Crippen LogP contribution >= 0.6 is 11.6 Å². The third-order valence-corrected chi connectivity index (χ3v) is 3.88. The Morgan fingerprint density at radius 3 is 2.69 bits per heavy atom. The van der Waals surface area contributed by atoms with Gasteiger partial charge in [-0.1, -0.05) is 60.1 Å². The van der Waals surface area contributed by atoms with E-state index in [0.717, 1.165) is 17.5 Å². The summed E-state index contributed by atoms with van der Waals surface area (Å²) in [6, 6.07) is 15.2. The molecule has 0 saturated carbocycles. The number of ether oxygens (including phenoxy) is 2. The lowest BCUT2D eigenvalue weighted by molar-refractivity contribution is 0.294. The lowest BCUT2D eigenvalue weighted by Gasteiger charge is -2.10. The van der Waals surface area contributed by atoms with Crippen LogP contribution < -0.4 is 9.47 Å². The zero-order valence-corrected chi connectivity index (χ0v) is 15.4. The van der Waals surface area contributed by atoms with Crippen LogP contribution in [0.15, 0.2) is 53.1 Å². The lowest BCUT2D eigenvalue weighted by atomic mass is 10.2. The van der Waals surface area contributed by atoms with Gasteiger partial charge in [0.2, 0.25) is 5.82 Å². The molecule has 0 spiro atoms.